The number of ketones is 1. The highest BCUT2D eigenvalue weighted by molar-refractivity contribution is 9.10. The standard InChI is InChI=1S/C15H17BrN2O3/c1-10-8-11(4-5-13(10)21-3)15(19)14-12(16)9-17-18(14)6-7-20-2/h4-5,8-9H,6-7H2,1-3H3. The summed E-state index contributed by atoms with van der Waals surface area (Å²) in [7, 11) is 3.23. The Labute approximate surface area is 132 Å². The highest BCUT2D eigenvalue weighted by atomic mass is 79.9. The molecule has 2 aromatic rings. The van der Waals surface area contributed by atoms with Crippen LogP contribution in [0.4, 0.5) is 0 Å². The van der Waals surface area contributed by atoms with Gasteiger partial charge in [0.2, 0.25) is 5.78 Å². The van der Waals surface area contributed by atoms with Gasteiger partial charge in [-0.05, 0) is 46.6 Å². The van der Waals surface area contributed by atoms with Crippen LogP contribution in [0.5, 0.6) is 5.75 Å². The molecule has 1 heterocycles. The summed E-state index contributed by atoms with van der Waals surface area (Å²) in [6, 6.07) is 5.38. The van der Waals surface area contributed by atoms with Crippen LogP contribution < -0.4 is 4.74 Å². The first-order chi connectivity index (χ1) is 10.1. The van der Waals surface area contributed by atoms with Crippen LogP contribution >= 0.6 is 15.9 Å². The van der Waals surface area contributed by atoms with Crippen LogP contribution in [0.2, 0.25) is 0 Å². The summed E-state index contributed by atoms with van der Waals surface area (Å²) in [6.07, 6.45) is 1.62. The van der Waals surface area contributed by atoms with Crippen molar-refractivity contribution in [3.05, 3.63) is 45.7 Å². The van der Waals surface area contributed by atoms with Crippen LogP contribution in [0.1, 0.15) is 21.6 Å². The van der Waals surface area contributed by atoms with Crippen LogP contribution in [0, 0.1) is 6.92 Å². The predicted molar refractivity (Wildman–Crippen MR) is 83.0 cm³/mol. The number of rotatable bonds is 6. The van der Waals surface area contributed by atoms with E-state index in [0.717, 1.165) is 11.3 Å². The van der Waals surface area contributed by atoms with E-state index in [0.29, 0.717) is 28.9 Å². The Hall–Kier alpha value is -1.66. The summed E-state index contributed by atoms with van der Waals surface area (Å²) < 4.78 is 12.6. The zero-order chi connectivity index (χ0) is 15.4. The Bertz CT molecular complexity index is 652. The summed E-state index contributed by atoms with van der Waals surface area (Å²) >= 11 is 3.38. The Kier molecular flexibility index (Phi) is 5.14. The molecule has 5 nitrogen and oxygen atoms in total. The molecule has 0 aliphatic carbocycles. The fraction of sp³-hybridized carbons (Fsp3) is 0.333. The molecule has 0 bridgehead atoms. The summed E-state index contributed by atoms with van der Waals surface area (Å²) in [5.41, 5.74) is 2.05. The van der Waals surface area contributed by atoms with Crippen molar-refractivity contribution in [3.8, 4) is 5.75 Å². The summed E-state index contributed by atoms with van der Waals surface area (Å²) in [4.78, 5) is 12.7. The lowest BCUT2D eigenvalue weighted by Gasteiger charge is -2.09. The molecule has 0 unspecified atom stereocenters. The molecule has 0 atom stereocenters. The van der Waals surface area contributed by atoms with E-state index in [1.807, 2.05) is 13.0 Å². The van der Waals surface area contributed by atoms with E-state index in [-0.39, 0.29) is 5.78 Å². The second-order valence-electron chi connectivity index (χ2n) is 4.57. The number of nitrogens with zero attached hydrogens (tertiary/aromatic N) is 2. The number of hydrogen-bond acceptors (Lipinski definition) is 4. The van der Waals surface area contributed by atoms with Crippen LogP contribution in [0.25, 0.3) is 0 Å². The van der Waals surface area contributed by atoms with E-state index in [9.17, 15) is 4.79 Å². The van der Waals surface area contributed by atoms with Crippen LogP contribution in [-0.2, 0) is 11.3 Å². The number of ether oxygens (including phenoxy) is 2. The molecule has 0 aliphatic rings. The molecule has 1 aromatic heterocycles. The first kappa shape index (κ1) is 15.7. The molecule has 6 heteroatoms. The van der Waals surface area contributed by atoms with Crippen molar-refractivity contribution in [1.82, 2.24) is 9.78 Å². The van der Waals surface area contributed by atoms with Crippen molar-refractivity contribution in [1.29, 1.82) is 0 Å². The lowest BCUT2D eigenvalue weighted by molar-refractivity contribution is 0.102. The maximum absolute atomic E-state index is 12.7. The van der Waals surface area contributed by atoms with Crippen LogP contribution in [-0.4, -0.2) is 36.4 Å². The van der Waals surface area contributed by atoms with Crippen molar-refractivity contribution in [2.75, 3.05) is 20.8 Å². The summed E-state index contributed by atoms with van der Waals surface area (Å²) in [6.45, 7) is 2.93. The van der Waals surface area contributed by atoms with Gasteiger partial charge in [0.25, 0.3) is 0 Å². The van der Waals surface area contributed by atoms with Gasteiger partial charge < -0.3 is 9.47 Å². The second kappa shape index (κ2) is 6.87. The molecule has 0 saturated carbocycles. The van der Waals surface area contributed by atoms with Gasteiger partial charge in [-0.1, -0.05) is 0 Å². The van der Waals surface area contributed by atoms with Crippen molar-refractivity contribution in [2.45, 2.75) is 13.5 Å². The van der Waals surface area contributed by atoms with Gasteiger partial charge in [0.05, 0.1) is 30.9 Å². The Balaban J connectivity index is 2.35. The van der Waals surface area contributed by atoms with E-state index < -0.39 is 0 Å². The van der Waals surface area contributed by atoms with Gasteiger partial charge >= 0.3 is 0 Å². The van der Waals surface area contributed by atoms with Crippen molar-refractivity contribution < 1.29 is 14.3 Å². The maximum atomic E-state index is 12.7. The maximum Gasteiger partial charge on any atom is 0.212 e. The number of benzene rings is 1. The van der Waals surface area contributed by atoms with Gasteiger partial charge in [0.1, 0.15) is 11.4 Å². The number of carbonyl (C=O) groups excluding carboxylic acids is 1. The minimum atomic E-state index is -0.0822. The lowest BCUT2D eigenvalue weighted by atomic mass is 10.0. The molecule has 0 amide bonds. The Morgan fingerprint density at radius 2 is 2.14 bits per heavy atom. The predicted octanol–water partition coefficient (Wildman–Crippen LogP) is 2.84. The Morgan fingerprint density at radius 3 is 2.76 bits per heavy atom. The topological polar surface area (TPSA) is 53.4 Å². The first-order valence-corrected chi connectivity index (χ1v) is 7.27. The Morgan fingerprint density at radius 1 is 1.38 bits per heavy atom. The quantitative estimate of drug-likeness (QED) is 0.750. The van der Waals surface area contributed by atoms with Crippen molar-refractivity contribution >= 4 is 21.7 Å². The number of aryl methyl sites for hydroxylation is 1. The number of aromatic nitrogens is 2. The molecule has 0 aliphatic heterocycles. The minimum Gasteiger partial charge on any atom is -0.496 e. The third-order valence-electron chi connectivity index (χ3n) is 3.17. The third kappa shape index (κ3) is 3.33. The summed E-state index contributed by atoms with van der Waals surface area (Å²) in [5, 5.41) is 4.20. The first-order valence-electron chi connectivity index (χ1n) is 6.48. The zero-order valence-corrected chi connectivity index (χ0v) is 13.8. The SMILES string of the molecule is COCCn1ncc(Br)c1C(=O)c1ccc(OC)c(C)c1. The molecule has 112 valence electrons. The highest BCUT2D eigenvalue weighted by Crippen LogP contribution is 2.23. The summed E-state index contributed by atoms with van der Waals surface area (Å²) in [5.74, 6) is 0.680. The van der Waals surface area contributed by atoms with Gasteiger partial charge in [-0.25, -0.2) is 0 Å². The number of halogens is 1. The van der Waals surface area contributed by atoms with Gasteiger partial charge in [-0.3, -0.25) is 9.48 Å². The smallest absolute Gasteiger partial charge is 0.212 e. The van der Waals surface area contributed by atoms with Gasteiger partial charge in [0, 0.05) is 12.7 Å². The average molecular weight is 353 g/mol. The van der Waals surface area contributed by atoms with E-state index >= 15 is 0 Å². The van der Waals surface area contributed by atoms with Crippen molar-refractivity contribution in [2.24, 2.45) is 0 Å². The monoisotopic (exact) mass is 352 g/mol. The normalized spacial score (nSPS) is 10.7. The van der Waals surface area contributed by atoms with Gasteiger partial charge in [-0.15, -0.1) is 0 Å². The van der Waals surface area contributed by atoms with E-state index in [1.165, 1.54) is 0 Å². The largest absolute Gasteiger partial charge is 0.496 e. The second-order valence-corrected chi connectivity index (χ2v) is 5.42. The molecule has 1 aromatic carbocycles. The number of methoxy groups -OCH3 is 2. The molecule has 0 fully saturated rings. The molecule has 0 N–H and O–H groups in total. The lowest BCUT2D eigenvalue weighted by Crippen LogP contribution is -2.15. The fourth-order valence-corrected chi connectivity index (χ4v) is 2.57. The number of hydrogen-bond donors (Lipinski definition) is 0. The molecule has 21 heavy (non-hydrogen) atoms. The van der Waals surface area contributed by atoms with Gasteiger partial charge in [-0.2, -0.15) is 5.10 Å². The molecular formula is C15H17BrN2O3. The fourth-order valence-electron chi connectivity index (χ4n) is 2.09. The molecule has 0 radical (unpaired) electrons. The van der Waals surface area contributed by atoms with Gasteiger partial charge in [0.15, 0.2) is 0 Å². The number of carbonyl (C=O) groups is 1. The molecule has 0 spiro atoms. The molecule has 0 saturated heterocycles. The minimum absolute atomic E-state index is 0.0822. The third-order valence-corrected chi connectivity index (χ3v) is 3.75. The van der Waals surface area contributed by atoms with Crippen LogP contribution in [0.15, 0.2) is 28.9 Å². The highest BCUT2D eigenvalue weighted by Gasteiger charge is 2.19. The van der Waals surface area contributed by atoms with E-state index in [1.54, 1.807) is 37.2 Å². The van der Waals surface area contributed by atoms with Crippen molar-refractivity contribution in [3.63, 3.8) is 0 Å². The zero-order valence-electron chi connectivity index (χ0n) is 12.2. The molecule has 2 rings (SSSR count). The van der Waals surface area contributed by atoms with Crippen LogP contribution in [0.3, 0.4) is 0 Å². The average Bonchev–Trinajstić information content (AvgIpc) is 2.85. The van der Waals surface area contributed by atoms with E-state index in [4.69, 9.17) is 9.47 Å². The van der Waals surface area contributed by atoms with E-state index in [2.05, 4.69) is 21.0 Å². The molecular weight excluding hydrogens is 336 g/mol.